The smallest absolute Gasteiger partial charge is 0.306 e. The minimum Gasteiger partial charge on any atom is -0.462 e. The molecular formula is C56H100O6. The molecular weight excluding hydrogens is 769 g/mol. The van der Waals surface area contributed by atoms with E-state index in [0.29, 0.717) is 19.3 Å². The van der Waals surface area contributed by atoms with Crippen LogP contribution in [0.15, 0.2) is 48.6 Å². The van der Waals surface area contributed by atoms with Gasteiger partial charge in [0.25, 0.3) is 0 Å². The molecule has 0 aliphatic rings. The van der Waals surface area contributed by atoms with E-state index in [-0.39, 0.29) is 31.1 Å². The second kappa shape index (κ2) is 51.0. The molecule has 0 heterocycles. The van der Waals surface area contributed by atoms with Crippen LogP contribution in [0.4, 0.5) is 0 Å². The predicted molar refractivity (Wildman–Crippen MR) is 265 cm³/mol. The van der Waals surface area contributed by atoms with Crippen molar-refractivity contribution < 1.29 is 28.6 Å². The Morgan fingerprint density at radius 2 is 0.645 bits per heavy atom. The maximum absolute atomic E-state index is 12.8. The van der Waals surface area contributed by atoms with Gasteiger partial charge < -0.3 is 14.2 Å². The van der Waals surface area contributed by atoms with Gasteiger partial charge in [0.15, 0.2) is 6.10 Å². The summed E-state index contributed by atoms with van der Waals surface area (Å²) in [5.74, 6) is -0.899. The molecule has 0 radical (unpaired) electrons. The van der Waals surface area contributed by atoms with E-state index in [0.717, 1.165) is 103 Å². The summed E-state index contributed by atoms with van der Waals surface area (Å²) in [6.45, 7) is 6.49. The van der Waals surface area contributed by atoms with Crippen LogP contribution in [-0.2, 0) is 28.6 Å². The van der Waals surface area contributed by atoms with E-state index in [2.05, 4.69) is 69.4 Å². The Morgan fingerprint density at radius 3 is 1.05 bits per heavy atom. The quantitative estimate of drug-likeness (QED) is 0.0262. The molecule has 0 rings (SSSR count). The van der Waals surface area contributed by atoms with Gasteiger partial charge in [0.2, 0.25) is 0 Å². The second-order valence-corrected chi connectivity index (χ2v) is 17.8. The van der Waals surface area contributed by atoms with Crippen LogP contribution < -0.4 is 0 Å². The summed E-state index contributed by atoms with van der Waals surface area (Å²) in [5.41, 5.74) is 0. The highest BCUT2D eigenvalue weighted by atomic mass is 16.6. The first kappa shape index (κ1) is 59.4. The Bertz CT molecular complexity index is 1090. The molecule has 0 amide bonds. The fourth-order valence-electron chi connectivity index (χ4n) is 7.56. The molecule has 0 bridgehead atoms. The summed E-state index contributed by atoms with van der Waals surface area (Å²) >= 11 is 0. The number of unbranched alkanes of at least 4 members (excludes halogenated alkanes) is 29. The molecule has 360 valence electrons. The van der Waals surface area contributed by atoms with Crippen molar-refractivity contribution in [1.29, 1.82) is 0 Å². The molecule has 1 atom stereocenters. The third kappa shape index (κ3) is 48.4. The van der Waals surface area contributed by atoms with Crippen LogP contribution in [0.5, 0.6) is 0 Å². The Balaban J connectivity index is 4.34. The van der Waals surface area contributed by atoms with Crippen molar-refractivity contribution in [2.75, 3.05) is 13.2 Å². The zero-order valence-corrected chi connectivity index (χ0v) is 41.1. The molecule has 0 saturated heterocycles. The summed E-state index contributed by atoms with van der Waals surface area (Å²) in [5, 5.41) is 0. The Hall–Kier alpha value is -2.63. The largest absolute Gasteiger partial charge is 0.462 e. The van der Waals surface area contributed by atoms with Gasteiger partial charge in [0, 0.05) is 19.3 Å². The number of allylic oxidation sites excluding steroid dienone is 8. The second-order valence-electron chi connectivity index (χ2n) is 17.8. The highest BCUT2D eigenvalue weighted by Gasteiger charge is 2.19. The average Bonchev–Trinajstić information content (AvgIpc) is 3.27. The molecule has 0 aromatic rings. The normalized spacial score (nSPS) is 12.4. The molecule has 0 aromatic heterocycles. The first-order valence-corrected chi connectivity index (χ1v) is 26.6. The van der Waals surface area contributed by atoms with Crippen LogP contribution in [0.25, 0.3) is 0 Å². The van der Waals surface area contributed by atoms with E-state index < -0.39 is 6.10 Å². The first-order chi connectivity index (χ1) is 30.5. The van der Waals surface area contributed by atoms with Crippen molar-refractivity contribution in [2.45, 2.75) is 277 Å². The third-order valence-electron chi connectivity index (χ3n) is 11.6. The molecule has 0 fully saturated rings. The van der Waals surface area contributed by atoms with Crippen molar-refractivity contribution >= 4 is 17.9 Å². The molecule has 1 unspecified atom stereocenters. The molecule has 0 N–H and O–H groups in total. The number of esters is 3. The molecule has 0 aromatic carbocycles. The van der Waals surface area contributed by atoms with Gasteiger partial charge >= 0.3 is 17.9 Å². The van der Waals surface area contributed by atoms with Crippen LogP contribution in [-0.4, -0.2) is 37.2 Å². The van der Waals surface area contributed by atoms with E-state index in [1.807, 2.05) is 0 Å². The van der Waals surface area contributed by atoms with E-state index in [9.17, 15) is 14.4 Å². The number of carbonyl (C=O) groups excluding carboxylic acids is 3. The zero-order valence-electron chi connectivity index (χ0n) is 41.1. The van der Waals surface area contributed by atoms with Gasteiger partial charge in [-0.25, -0.2) is 0 Å². The summed E-state index contributed by atoms with van der Waals surface area (Å²) in [6, 6.07) is 0. The molecule has 6 heteroatoms. The topological polar surface area (TPSA) is 78.9 Å². The number of ether oxygens (including phenoxy) is 3. The van der Waals surface area contributed by atoms with E-state index >= 15 is 0 Å². The average molecular weight is 869 g/mol. The number of hydrogen-bond acceptors (Lipinski definition) is 6. The minimum absolute atomic E-state index is 0.0804. The minimum atomic E-state index is -0.782. The summed E-state index contributed by atoms with van der Waals surface area (Å²) < 4.78 is 16.8. The SMILES string of the molecule is CC/C=C\C/C=C\C/C=C\CCCCCCCC(=O)OC(COC(=O)CCCCCCC/C=C\CCCC)COC(=O)CCCCCCCCCCCCCCCCCCCC. The van der Waals surface area contributed by atoms with E-state index in [1.54, 1.807) is 0 Å². The van der Waals surface area contributed by atoms with Crippen LogP contribution >= 0.6 is 0 Å². The summed E-state index contributed by atoms with van der Waals surface area (Å²) in [7, 11) is 0. The lowest BCUT2D eigenvalue weighted by atomic mass is 10.0. The Morgan fingerprint density at radius 1 is 0.339 bits per heavy atom. The number of hydrogen-bond donors (Lipinski definition) is 0. The van der Waals surface area contributed by atoms with Gasteiger partial charge in [0.1, 0.15) is 13.2 Å². The molecule has 0 aliphatic carbocycles. The molecule has 0 saturated carbocycles. The highest BCUT2D eigenvalue weighted by molar-refractivity contribution is 5.71. The molecule has 62 heavy (non-hydrogen) atoms. The Labute approximate surface area is 384 Å². The van der Waals surface area contributed by atoms with Crippen molar-refractivity contribution in [3.05, 3.63) is 48.6 Å². The monoisotopic (exact) mass is 869 g/mol. The predicted octanol–water partition coefficient (Wildman–Crippen LogP) is 17.5. The van der Waals surface area contributed by atoms with Gasteiger partial charge in [-0.3, -0.25) is 14.4 Å². The van der Waals surface area contributed by atoms with Crippen molar-refractivity contribution in [2.24, 2.45) is 0 Å². The first-order valence-electron chi connectivity index (χ1n) is 26.6. The number of carbonyl (C=O) groups is 3. The molecule has 0 aliphatic heterocycles. The van der Waals surface area contributed by atoms with Crippen LogP contribution in [0.2, 0.25) is 0 Å². The zero-order chi connectivity index (χ0) is 45.1. The van der Waals surface area contributed by atoms with Crippen LogP contribution in [0.1, 0.15) is 271 Å². The lowest BCUT2D eigenvalue weighted by Crippen LogP contribution is -2.30. The van der Waals surface area contributed by atoms with Gasteiger partial charge in [-0.15, -0.1) is 0 Å². The Kier molecular flexibility index (Phi) is 48.8. The summed E-state index contributed by atoms with van der Waals surface area (Å²) in [4.78, 5) is 38.0. The fraction of sp³-hybridized carbons (Fsp3) is 0.804. The third-order valence-corrected chi connectivity index (χ3v) is 11.6. The van der Waals surface area contributed by atoms with Gasteiger partial charge in [-0.1, -0.05) is 230 Å². The van der Waals surface area contributed by atoms with Gasteiger partial charge in [0.05, 0.1) is 0 Å². The lowest BCUT2D eigenvalue weighted by molar-refractivity contribution is -0.167. The van der Waals surface area contributed by atoms with E-state index in [4.69, 9.17) is 14.2 Å². The maximum atomic E-state index is 12.8. The van der Waals surface area contributed by atoms with Crippen LogP contribution in [0.3, 0.4) is 0 Å². The fourth-order valence-corrected chi connectivity index (χ4v) is 7.56. The van der Waals surface area contributed by atoms with Crippen molar-refractivity contribution in [1.82, 2.24) is 0 Å². The maximum Gasteiger partial charge on any atom is 0.306 e. The molecule has 6 nitrogen and oxygen atoms in total. The van der Waals surface area contributed by atoms with Gasteiger partial charge in [-0.05, 0) is 70.6 Å². The van der Waals surface area contributed by atoms with Gasteiger partial charge in [-0.2, -0.15) is 0 Å². The van der Waals surface area contributed by atoms with Crippen molar-refractivity contribution in [3.63, 3.8) is 0 Å². The standard InChI is InChI=1S/C56H100O6/c1-4-7-10-13-16-19-22-24-26-27-28-30-31-34-37-40-43-46-49-55(58)61-52-53(51-60-54(57)48-45-42-39-36-33-21-18-15-12-9-6-3)62-56(59)50-47-44-41-38-35-32-29-25-23-20-17-14-11-8-5-2/h8,11,15,17-18,20,25,29,53H,4-7,9-10,12-14,16,19,21-24,26-28,30-52H2,1-3H3/b11-8-,18-15-,20-17-,29-25-. The molecule has 0 spiro atoms. The lowest BCUT2D eigenvalue weighted by Gasteiger charge is -2.18. The van der Waals surface area contributed by atoms with Crippen LogP contribution in [0, 0.1) is 0 Å². The highest BCUT2D eigenvalue weighted by Crippen LogP contribution is 2.16. The van der Waals surface area contributed by atoms with Crippen molar-refractivity contribution in [3.8, 4) is 0 Å². The number of rotatable bonds is 48. The van der Waals surface area contributed by atoms with E-state index in [1.165, 1.54) is 128 Å². The summed E-state index contributed by atoms with van der Waals surface area (Å²) in [6.07, 6.45) is 61.0.